The average molecular weight is 341 g/mol. The van der Waals surface area contributed by atoms with E-state index in [1.54, 1.807) is 0 Å². The second-order valence-corrected chi connectivity index (χ2v) is 6.70. The average Bonchev–Trinajstić information content (AvgIpc) is 2.85. The van der Waals surface area contributed by atoms with Crippen LogP contribution in [0.5, 0.6) is 0 Å². The zero-order valence-electron chi connectivity index (χ0n) is 13.6. The number of nitrogens with zero attached hydrogens (tertiary/aromatic N) is 1. The van der Waals surface area contributed by atoms with Gasteiger partial charge in [-0.25, -0.2) is 9.29 Å². The number of thioether (sulfide) groups is 1. The number of allylic oxidation sites excluding steroid dienone is 1. The summed E-state index contributed by atoms with van der Waals surface area (Å²) in [5.74, 6) is -0.778. The van der Waals surface area contributed by atoms with E-state index in [9.17, 15) is 14.0 Å². The summed E-state index contributed by atoms with van der Waals surface area (Å²) in [6.07, 6.45) is 0. The molecule has 0 N–H and O–H groups in total. The molecule has 1 aliphatic heterocycles. The Morgan fingerprint density at radius 3 is 2.29 bits per heavy atom. The molecule has 2 amide bonds. The van der Waals surface area contributed by atoms with Crippen LogP contribution in [0.25, 0.3) is 5.57 Å². The third-order valence-electron chi connectivity index (χ3n) is 4.13. The minimum Gasteiger partial charge on any atom is -0.268 e. The highest BCUT2D eigenvalue weighted by Crippen LogP contribution is 2.39. The minimum atomic E-state index is -0.410. The lowest BCUT2D eigenvalue weighted by molar-refractivity contribution is -0.113. The summed E-state index contributed by atoms with van der Waals surface area (Å²) >= 11 is 0.917. The number of anilines is 1. The third-order valence-corrected chi connectivity index (χ3v) is 5.18. The summed E-state index contributed by atoms with van der Waals surface area (Å²) in [5, 5.41) is -0.371. The number of benzene rings is 2. The number of amides is 2. The second kappa shape index (κ2) is 6.24. The van der Waals surface area contributed by atoms with Crippen molar-refractivity contribution in [2.45, 2.75) is 20.8 Å². The number of imide groups is 1. The first kappa shape index (κ1) is 16.5. The van der Waals surface area contributed by atoms with Crippen molar-refractivity contribution in [2.75, 3.05) is 4.90 Å². The summed E-state index contributed by atoms with van der Waals surface area (Å²) in [6.45, 7) is 5.87. The van der Waals surface area contributed by atoms with E-state index in [0.717, 1.165) is 33.4 Å². The van der Waals surface area contributed by atoms with E-state index in [0.29, 0.717) is 10.6 Å². The Bertz CT molecular complexity index is 871. The van der Waals surface area contributed by atoms with E-state index in [2.05, 4.69) is 0 Å². The van der Waals surface area contributed by atoms with Gasteiger partial charge in [-0.1, -0.05) is 18.2 Å². The number of aryl methyl sites for hydroxylation is 2. The Labute approximate surface area is 144 Å². The summed E-state index contributed by atoms with van der Waals surface area (Å²) in [7, 11) is 0. The lowest BCUT2D eigenvalue weighted by Crippen LogP contribution is -2.27. The molecule has 2 aromatic rings. The van der Waals surface area contributed by atoms with Crippen LogP contribution in [0.2, 0.25) is 0 Å². The summed E-state index contributed by atoms with van der Waals surface area (Å²) in [6, 6.07) is 11.3. The number of rotatable bonds is 2. The Hall–Kier alpha value is -2.40. The number of carbonyl (C=O) groups is 2. The van der Waals surface area contributed by atoms with E-state index in [-0.39, 0.29) is 11.1 Å². The van der Waals surface area contributed by atoms with E-state index >= 15 is 0 Å². The Morgan fingerprint density at radius 2 is 1.67 bits per heavy atom. The Balaban J connectivity index is 2.00. The molecule has 2 aromatic carbocycles. The van der Waals surface area contributed by atoms with Gasteiger partial charge in [-0.3, -0.25) is 9.59 Å². The minimum absolute atomic E-state index is 0.368. The van der Waals surface area contributed by atoms with Crippen LogP contribution < -0.4 is 4.90 Å². The van der Waals surface area contributed by atoms with Crippen LogP contribution in [0.1, 0.15) is 23.6 Å². The van der Waals surface area contributed by atoms with Crippen molar-refractivity contribution in [2.24, 2.45) is 0 Å². The Morgan fingerprint density at radius 1 is 1.00 bits per heavy atom. The monoisotopic (exact) mass is 341 g/mol. The van der Waals surface area contributed by atoms with Crippen molar-refractivity contribution in [3.8, 4) is 0 Å². The van der Waals surface area contributed by atoms with Gasteiger partial charge < -0.3 is 0 Å². The normalized spacial score (nSPS) is 16.8. The molecule has 5 heteroatoms. The smallest absolute Gasteiger partial charge is 0.268 e. The van der Waals surface area contributed by atoms with E-state index in [4.69, 9.17) is 0 Å². The van der Waals surface area contributed by atoms with E-state index in [1.165, 1.54) is 29.8 Å². The Kier molecular flexibility index (Phi) is 4.28. The largest absolute Gasteiger partial charge is 0.298 e. The molecule has 1 saturated heterocycles. The highest BCUT2D eigenvalue weighted by atomic mass is 32.2. The molecule has 0 spiro atoms. The van der Waals surface area contributed by atoms with Gasteiger partial charge in [-0.05, 0) is 79.1 Å². The van der Waals surface area contributed by atoms with Crippen molar-refractivity contribution >= 4 is 34.2 Å². The quantitative estimate of drug-likeness (QED) is 0.715. The van der Waals surface area contributed by atoms with Crippen LogP contribution in [0.15, 0.2) is 47.4 Å². The highest BCUT2D eigenvalue weighted by molar-refractivity contribution is 8.19. The summed E-state index contributed by atoms with van der Waals surface area (Å²) < 4.78 is 13.1. The lowest BCUT2D eigenvalue weighted by Gasteiger charge is -2.12. The molecule has 0 aliphatic carbocycles. The van der Waals surface area contributed by atoms with E-state index in [1.807, 2.05) is 39.0 Å². The third kappa shape index (κ3) is 2.87. The number of halogens is 1. The first-order valence-electron chi connectivity index (χ1n) is 7.49. The molecule has 1 heterocycles. The van der Waals surface area contributed by atoms with Gasteiger partial charge in [0.1, 0.15) is 5.82 Å². The van der Waals surface area contributed by atoms with Gasteiger partial charge in [0.2, 0.25) is 0 Å². The van der Waals surface area contributed by atoms with E-state index < -0.39 is 5.82 Å². The fraction of sp³-hybridized carbons (Fsp3) is 0.158. The van der Waals surface area contributed by atoms with Gasteiger partial charge in [0, 0.05) is 0 Å². The van der Waals surface area contributed by atoms with Crippen molar-refractivity contribution in [1.82, 2.24) is 0 Å². The molecule has 0 aromatic heterocycles. The predicted octanol–water partition coefficient (Wildman–Crippen LogP) is 5.07. The number of hydrogen-bond donors (Lipinski definition) is 0. The fourth-order valence-corrected chi connectivity index (χ4v) is 3.42. The van der Waals surface area contributed by atoms with Gasteiger partial charge in [0.05, 0.1) is 10.6 Å². The molecule has 0 saturated carbocycles. The zero-order chi connectivity index (χ0) is 17.4. The number of hydrogen-bond acceptors (Lipinski definition) is 3. The van der Waals surface area contributed by atoms with Crippen LogP contribution in [0.4, 0.5) is 14.9 Å². The lowest BCUT2D eigenvalue weighted by atomic mass is 10.0. The summed E-state index contributed by atoms with van der Waals surface area (Å²) in [5.41, 5.74) is 4.37. The van der Waals surface area contributed by atoms with Gasteiger partial charge in [0.25, 0.3) is 11.1 Å². The van der Waals surface area contributed by atoms with Crippen molar-refractivity contribution in [1.29, 1.82) is 0 Å². The molecule has 122 valence electrons. The molecule has 0 radical (unpaired) electrons. The van der Waals surface area contributed by atoms with Crippen LogP contribution in [0, 0.1) is 19.7 Å². The molecule has 3 rings (SSSR count). The maximum atomic E-state index is 13.1. The highest BCUT2D eigenvalue weighted by Gasteiger charge is 2.37. The first-order valence-corrected chi connectivity index (χ1v) is 8.30. The summed E-state index contributed by atoms with van der Waals surface area (Å²) in [4.78, 5) is 26.5. The van der Waals surface area contributed by atoms with Crippen LogP contribution in [0.3, 0.4) is 0 Å². The zero-order valence-corrected chi connectivity index (χ0v) is 14.4. The standard InChI is InChI=1S/C19H16FNO2S/c1-11-4-5-14(10-12(11)2)13(3)17-18(22)21(19(23)24-17)16-8-6-15(20)7-9-16/h4-10H,1-3H3/b17-13-. The molecule has 0 bridgehead atoms. The van der Waals surface area contributed by atoms with Crippen molar-refractivity contribution < 1.29 is 14.0 Å². The van der Waals surface area contributed by atoms with Gasteiger partial charge in [-0.15, -0.1) is 0 Å². The molecule has 0 atom stereocenters. The van der Waals surface area contributed by atoms with Crippen LogP contribution in [-0.4, -0.2) is 11.1 Å². The molecular weight excluding hydrogens is 325 g/mol. The molecule has 3 nitrogen and oxygen atoms in total. The SMILES string of the molecule is C/C(=C1/SC(=O)N(c2ccc(F)cc2)C1=O)c1ccc(C)c(C)c1. The van der Waals surface area contributed by atoms with Crippen LogP contribution >= 0.6 is 11.8 Å². The predicted molar refractivity (Wildman–Crippen MR) is 95.4 cm³/mol. The van der Waals surface area contributed by atoms with Gasteiger partial charge in [-0.2, -0.15) is 0 Å². The van der Waals surface area contributed by atoms with Crippen molar-refractivity contribution in [3.05, 3.63) is 69.9 Å². The maximum absolute atomic E-state index is 13.1. The van der Waals surface area contributed by atoms with Gasteiger partial charge >= 0.3 is 0 Å². The molecular formula is C19H16FNO2S. The fourth-order valence-electron chi connectivity index (χ4n) is 2.52. The first-order chi connectivity index (χ1) is 11.4. The molecule has 1 aliphatic rings. The molecule has 24 heavy (non-hydrogen) atoms. The second-order valence-electron chi connectivity index (χ2n) is 5.74. The maximum Gasteiger partial charge on any atom is 0.298 e. The van der Waals surface area contributed by atoms with Crippen molar-refractivity contribution in [3.63, 3.8) is 0 Å². The van der Waals surface area contributed by atoms with Crippen LogP contribution in [-0.2, 0) is 4.79 Å². The van der Waals surface area contributed by atoms with Gasteiger partial charge in [0.15, 0.2) is 0 Å². The number of carbonyl (C=O) groups excluding carboxylic acids is 2. The molecule has 1 fully saturated rings. The topological polar surface area (TPSA) is 37.4 Å². The molecule has 0 unspecified atom stereocenters.